The molecule has 0 unspecified atom stereocenters. The van der Waals surface area contributed by atoms with E-state index in [0.717, 1.165) is 11.6 Å². The van der Waals surface area contributed by atoms with Crippen molar-refractivity contribution in [3.63, 3.8) is 0 Å². The summed E-state index contributed by atoms with van der Waals surface area (Å²) in [5, 5.41) is 3.23. The fourth-order valence-corrected chi connectivity index (χ4v) is 1.00. The van der Waals surface area contributed by atoms with Crippen molar-refractivity contribution in [1.82, 2.24) is 4.98 Å². The topological polar surface area (TPSA) is 60.2 Å². The summed E-state index contributed by atoms with van der Waals surface area (Å²) < 4.78 is 5.09. The molecule has 78 valence electrons. The van der Waals surface area contributed by atoms with E-state index in [9.17, 15) is 0 Å². The lowest BCUT2D eigenvalue weighted by Gasteiger charge is -2.24. The first-order chi connectivity index (χ1) is 6.57. The third kappa shape index (κ3) is 2.88. The van der Waals surface area contributed by atoms with Crippen LogP contribution in [0.2, 0.25) is 0 Å². The second-order valence-electron chi connectivity index (χ2n) is 3.79. The number of pyridine rings is 1. The molecule has 3 N–H and O–H groups in total. The van der Waals surface area contributed by atoms with Crippen molar-refractivity contribution < 1.29 is 4.74 Å². The standard InChI is InChI=1S/C10H17N3O/c1-10(2,7-11)13-9-6-8(14-3)4-5-12-9/h4-6H,7,11H2,1-3H3,(H,12,13). The molecule has 0 radical (unpaired) electrons. The van der Waals surface area contributed by atoms with Crippen LogP contribution < -0.4 is 15.8 Å². The minimum atomic E-state index is -0.153. The highest BCUT2D eigenvalue weighted by Gasteiger charge is 2.15. The summed E-state index contributed by atoms with van der Waals surface area (Å²) in [5.41, 5.74) is 5.45. The minimum Gasteiger partial charge on any atom is -0.497 e. The van der Waals surface area contributed by atoms with Crippen LogP contribution in [-0.4, -0.2) is 24.2 Å². The molecule has 1 rings (SSSR count). The Hall–Kier alpha value is -1.29. The van der Waals surface area contributed by atoms with Gasteiger partial charge in [-0.1, -0.05) is 0 Å². The third-order valence-corrected chi connectivity index (χ3v) is 1.94. The summed E-state index contributed by atoms with van der Waals surface area (Å²) in [6.07, 6.45) is 1.70. The van der Waals surface area contributed by atoms with Crippen LogP contribution in [0, 0.1) is 0 Å². The Morgan fingerprint density at radius 1 is 1.57 bits per heavy atom. The molecule has 0 atom stereocenters. The lowest BCUT2D eigenvalue weighted by Crippen LogP contribution is -2.39. The van der Waals surface area contributed by atoms with Crippen LogP contribution in [0.25, 0.3) is 0 Å². The lowest BCUT2D eigenvalue weighted by molar-refractivity contribution is 0.414. The van der Waals surface area contributed by atoms with Crippen LogP contribution in [-0.2, 0) is 0 Å². The van der Waals surface area contributed by atoms with Crippen molar-refractivity contribution in [2.45, 2.75) is 19.4 Å². The summed E-state index contributed by atoms with van der Waals surface area (Å²) in [6.45, 7) is 4.59. The number of aromatic nitrogens is 1. The molecule has 14 heavy (non-hydrogen) atoms. The molecule has 0 aliphatic rings. The van der Waals surface area contributed by atoms with Gasteiger partial charge >= 0.3 is 0 Å². The average Bonchev–Trinajstić information content (AvgIpc) is 2.17. The lowest BCUT2D eigenvalue weighted by atomic mass is 10.1. The van der Waals surface area contributed by atoms with E-state index in [-0.39, 0.29) is 5.54 Å². The number of nitrogens with one attached hydrogen (secondary N) is 1. The highest BCUT2D eigenvalue weighted by Crippen LogP contribution is 2.17. The van der Waals surface area contributed by atoms with Gasteiger partial charge in [0, 0.05) is 24.3 Å². The van der Waals surface area contributed by atoms with Crippen LogP contribution >= 0.6 is 0 Å². The molecule has 0 fully saturated rings. The van der Waals surface area contributed by atoms with Crippen molar-refractivity contribution >= 4 is 5.82 Å². The zero-order chi connectivity index (χ0) is 10.6. The van der Waals surface area contributed by atoms with Crippen LogP contribution in [0.1, 0.15) is 13.8 Å². The molecule has 1 aromatic heterocycles. The Morgan fingerprint density at radius 2 is 2.29 bits per heavy atom. The quantitative estimate of drug-likeness (QED) is 0.758. The van der Waals surface area contributed by atoms with Gasteiger partial charge in [-0.25, -0.2) is 4.98 Å². The first-order valence-electron chi connectivity index (χ1n) is 4.56. The zero-order valence-corrected chi connectivity index (χ0v) is 8.87. The molecule has 0 aliphatic carbocycles. The Kier molecular flexibility index (Phi) is 3.30. The van der Waals surface area contributed by atoms with Gasteiger partial charge in [0.2, 0.25) is 0 Å². The number of methoxy groups -OCH3 is 1. The fourth-order valence-electron chi connectivity index (χ4n) is 1.00. The molecule has 0 spiro atoms. The van der Waals surface area contributed by atoms with Crippen LogP contribution in [0.3, 0.4) is 0 Å². The number of hydrogen-bond donors (Lipinski definition) is 2. The number of ether oxygens (including phenoxy) is 1. The number of rotatable bonds is 4. The summed E-state index contributed by atoms with van der Waals surface area (Å²) in [7, 11) is 1.63. The molecule has 1 heterocycles. The maximum absolute atomic E-state index is 5.60. The highest BCUT2D eigenvalue weighted by atomic mass is 16.5. The number of nitrogens with zero attached hydrogens (tertiary/aromatic N) is 1. The molecule has 0 bridgehead atoms. The molecule has 0 saturated heterocycles. The van der Waals surface area contributed by atoms with Crippen molar-refractivity contribution in [2.24, 2.45) is 5.73 Å². The summed E-state index contributed by atoms with van der Waals surface area (Å²) in [5.74, 6) is 1.56. The van der Waals surface area contributed by atoms with Gasteiger partial charge in [-0.05, 0) is 19.9 Å². The highest BCUT2D eigenvalue weighted by molar-refractivity contribution is 5.42. The van der Waals surface area contributed by atoms with Crippen LogP contribution in [0.4, 0.5) is 5.82 Å². The van der Waals surface area contributed by atoms with Gasteiger partial charge in [0.05, 0.1) is 7.11 Å². The van der Waals surface area contributed by atoms with E-state index in [4.69, 9.17) is 10.5 Å². The van der Waals surface area contributed by atoms with E-state index in [0.29, 0.717) is 6.54 Å². The van der Waals surface area contributed by atoms with Gasteiger partial charge in [-0.15, -0.1) is 0 Å². The number of hydrogen-bond acceptors (Lipinski definition) is 4. The van der Waals surface area contributed by atoms with Crippen molar-refractivity contribution in [1.29, 1.82) is 0 Å². The largest absolute Gasteiger partial charge is 0.497 e. The molecule has 0 amide bonds. The average molecular weight is 195 g/mol. The van der Waals surface area contributed by atoms with E-state index in [1.165, 1.54) is 0 Å². The first-order valence-corrected chi connectivity index (χ1v) is 4.56. The predicted molar refractivity (Wildman–Crippen MR) is 57.5 cm³/mol. The van der Waals surface area contributed by atoms with Gasteiger partial charge in [-0.2, -0.15) is 0 Å². The maximum Gasteiger partial charge on any atom is 0.130 e. The Labute approximate surface area is 84.5 Å². The van der Waals surface area contributed by atoms with Crippen LogP contribution in [0.15, 0.2) is 18.3 Å². The zero-order valence-electron chi connectivity index (χ0n) is 8.87. The maximum atomic E-state index is 5.60. The summed E-state index contributed by atoms with van der Waals surface area (Å²) in [6, 6.07) is 3.65. The SMILES string of the molecule is COc1ccnc(NC(C)(C)CN)c1. The molecular weight excluding hydrogens is 178 g/mol. The van der Waals surface area contributed by atoms with Crippen LogP contribution in [0.5, 0.6) is 5.75 Å². The summed E-state index contributed by atoms with van der Waals surface area (Å²) >= 11 is 0. The van der Waals surface area contributed by atoms with Gasteiger partial charge in [0.1, 0.15) is 11.6 Å². The Balaban J connectivity index is 2.76. The third-order valence-electron chi connectivity index (χ3n) is 1.94. The van der Waals surface area contributed by atoms with E-state index < -0.39 is 0 Å². The minimum absolute atomic E-state index is 0.153. The molecule has 0 aliphatic heterocycles. The van der Waals surface area contributed by atoms with E-state index in [1.54, 1.807) is 19.4 Å². The molecule has 4 nitrogen and oxygen atoms in total. The number of nitrogens with two attached hydrogens (primary N) is 1. The molecule has 0 aromatic carbocycles. The second-order valence-corrected chi connectivity index (χ2v) is 3.79. The van der Waals surface area contributed by atoms with Crippen molar-refractivity contribution in [3.8, 4) is 5.75 Å². The molecule has 1 aromatic rings. The molecule has 4 heteroatoms. The van der Waals surface area contributed by atoms with E-state index >= 15 is 0 Å². The Bertz CT molecular complexity index is 299. The normalized spacial score (nSPS) is 11.1. The second kappa shape index (κ2) is 4.28. The van der Waals surface area contributed by atoms with E-state index in [2.05, 4.69) is 10.3 Å². The predicted octanol–water partition coefficient (Wildman–Crippen LogP) is 1.24. The Morgan fingerprint density at radius 3 is 2.86 bits per heavy atom. The smallest absolute Gasteiger partial charge is 0.130 e. The first kappa shape index (κ1) is 10.8. The fraction of sp³-hybridized carbons (Fsp3) is 0.500. The van der Waals surface area contributed by atoms with E-state index in [1.807, 2.05) is 19.9 Å². The van der Waals surface area contributed by atoms with Crippen molar-refractivity contribution in [2.75, 3.05) is 19.0 Å². The summed E-state index contributed by atoms with van der Waals surface area (Å²) in [4.78, 5) is 4.17. The number of anilines is 1. The van der Waals surface area contributed by atoms with Crippen molar-refractivity contribution in [3.05, 3.63) is 18.3 Å². The molecule has 0 saturated carbocycles. The van der Waals surface area contributed by atoms with Gasteiger partial charge in [0.15, 0.2) is 0 Å². The monoisotopic (exact) mass is 195 g/mol. The van der Waals surface area contributed by atoms with Gasteiger partial charge in [-0.3, -0.25) is 0 Å². The molecular formula is C10H17N3O. The van der Waals surface area contributed by atoms with Gasteiger partial charge < -0.3 is 15.8 Å². The van der Waals surface area contributed by atoms with Gasteiger partial charge in [0.25, 0.3) is 0 Å².